The summed E-state index contributed by atoms with van der Waals surface area (Å²) in [7, 11) is 1.61. The Hall–Kier alpha value is -1.78. The van der Waals surface area contributed by atoms with Crippen molar-refractivity contribution in [2.75, 3.05) is 13.7 Å². The van der Waals surface area contributed by atoms with Gasteiger partial charge in [0.2, 0.25) is 0 Å². The van der Waals surface area contributed by atoms with Crippen molar-refractivity contribution >= 4 is 11.6 Å². The molecular weight excluding hydrogens is 377 g/mol. The van der Waals surface area contributed by atoms with Gasteiger partial charge in [0.1, 0.15) is 12.4 Å². The lowest BCUT2D eigenvalue weighted by atomic mass is 10.1. The Morgan fingerprint density at radius 3 is 2.39 bits per heavy atom. The van der Waals surface area contributed by atoms with Crippen molar-refractivity contribution in [1.29, 1.82) is 0 Å². The molecule has 0 heterocycles. The second kappa shape index (κ2) is 12.6. The maximum Gasteiger partial charge on any atom is 0.163 e. The van der Waals surface area contributed by atoms with Crippen LogP contribution in [-0.4, -0.2) is 13.7 Å². The highest BCUT2D eigenvalue weighted by Crippen LogP contribution is 2.34. The van der Waals surface area contributed by atoms with E-state index in [0.717, 1.165) is 17.7 Å². The molecule has 2 rings (SSSR count). The van der Waals surface area contributed by atoms with Gasteiger partial charge in [-0.2, -0.15) is 0 Å². The minimum absolute atomic E-state index is 0.262. The lowest BCUT2D eigenvalue weighted by Crippen LogP contribution is -2.15. The van der Waals surface area contributed by atoms with Crippen LogP contribution in [-0.2, 0) is 13.2 Å². The molecule has 0 spiro atoms. The minimum Gasteiger partial charge on any atom is -0.493 e. The first-order valence-electron chi connectivity index (χ1n) is 10.1. The largest absolute Gasteiger partial charge is 0.493 e. The van der Waals surface area contributed by atoms with E-state index in [1.54, 1.807) is 25.3 Å². The molecule has 0 aliphatic rings. The van der Waals surface area contributed by atoms with Crippen LogP contribution in [0.5, 0.6) is 11.5 Å². The van der Waals surface area contributed by atoms with Crippen LogP contribution < -0.4 is 14.8 Å². The average Bonchev–Trinajstić information content (AvgIpc) is 2.70. The summed E-state index contributed by atoms with van der Waals surface area (Å²) in [5, 5.41) is 4.09. The summed E-state index contributed by atoms with van der Waals surface area (Å²) in [6, 6.07) is 9.93. The number of hydrogen-bond acceptors (Lipinski definition) is 3. The summed E-state index contributed by atoms with van der Waals surface area (Å²) < 4.78 is 24.3. The molecule has 154 valence electrons. The summed E-state index contributed by atoms with van der Waals surface area (Å²) in [6.45, 7) is 4.23. The van der Waals surface area contributed by atoms with Gasteiger partial charge in [0, 0.05) is 17.6 Å². The molecule has 0 unspecified atom stereocenters. The van der Waals surface area contributed by atoms with Gasteiger partial charge in [-0.15, -0.1) is 0 Å². The lowest BCUT2D eigenvalue weighted by molar-refractivity contribution is 0.284. The molecule has 0 bridgehead atoms. The fraction of sp³-hybridized carbons (Fsp3) is 0.478. The van der Waals surface area contributed by atoms with E-state index in [2.05, 4.69) is 12.2 Å². The molecule has 0 saturated heterocycles. The lowest BCUT2D eigenvalue weighted by Gasteiger charge is -2.14. The second-order valence-corrected chi connectivity index (χ2v) is 7.36. The van der Waals surface area contributed by atoms with Crippen LogP contribution in [0.1, 0.15) is 56.6 Å². The van der Waals surface area contributed by atoms with Gasteiger partial charge in [0.15, 0.2) is 11.5 Å². The molecule has 0 aliphatic carbocycles. The van der Waals surface area contributed by atoms with Gasteiger partial charge >= 0.3 is 0 Å². The second-order valence-electron chi connectivity index (χ2n) is 6.95. The fourth-order valence-electron chi connectivity index (χ4n) is 2.98. The van der Waals surface area contributed by atoms with Crippen molar-refractivity contribution < 1.29 is 13.9 Å². The molecule has 0 radical (unpaired) electrons. The molecular formula is C23H31ClFNO2. The normalized spacial score (nSPS) is 10.9. The monoisotopic (exact) mass is 407 g/mol. The Balaban J connectivity index is 1.83. The van der Waals surface area contributed by atoms with Gasteiger partial charge in [-0.05, 0) is 42.3 Å². The molecule has 1 N–H and O–H groups in total. The number of methoxy groups -OCH3 is 1. The Morgan fingerprint density at radius 2 is 1.68 bits per heavy atom. The maximum absolute atomic E-state index is 13.0. The van der Waals surface area contributed by atoms with E-state index < -0.39 is 0 Å². The van der Waals surface area contributed by atoms with E-state index in [1.807, 2.05) is 6.07 Å². The first-order chi connectivity index (χ1) is 13.6. The van der Waals surface area contributed by atoms with Gasteiger partial charge < -0.3 is 14.8 Å². The van der Waals surface area contributed by atoms with Crippen molar-refractivity contribution in [3.63, 3.8) is 0 Å². The highest BCUT2D eigenvalue weighted by molar-refractivity contribution is 6.31. The SMILES string of the molecule is CCCCCCCCNCc1cc(OC)c(OCc2ccc(F)cc2)cc1Cl. The van der Waals surface area contributed by atoms with E-state index in [1.165, 1.54) is 50.7 Å². The molecule has 0 atom stereocenters. The van der Waals surface area contributed by atoms with Gasteiger partial charge in [0.25, 0.3) is 0 Å². The first-order valence-corrected chi connectivity index (χ1v) is 10.5. The van der Waals surface area contributed by atoms with Crippen LogP contribution in [0.4, 0.5) is 4.39 Å². The maximum atomic E-state index is 13.0. The van der Waals surface area contributed by atoms with Crippen LogP contribution in [0.3, 0.4) is 0 Å². The molecule has 0 fully saturated rings. The van der Waals surface area contributed by atoms with Gasteiger partial charge in [-0.1, -0.05) is 62.8 Å². The third-order valence-electron chi connectivity index (χ3n) is 4.66. The highest BCUT2D eigenvalue weighted by atomic mass is 35.5. The Morgan fingerprint density at radius 1 is 0.964 bits per heavy atom. The number of nitrogens with one attached hydrogen (secondary N) is 1. The number of hydrogen-bond donors (Lipinski definition) is 1. The van der Waals surface area contributed by atoms with Crippen molar-refractivity contribution in [1.82, 2.24) is 5.32 Å². The molecule has 5 heteroatoms. The molecule has 3 nitrogen and oxygen atoms in total. The van der Waals surface area contributed by atoms with Crippen molar-refractivity contribution in [2.24, 2.45) is 0 Å². The topological polar surface area (TPSA) is 30.5 Å². The number of rotatable bonds is 13. The van der Waals surface area contributed by atoms with Gasteiger partial charge in [-0.3, -0.25) is 0 Å². The Labute approximate surface area is 173 Å². The number of halogens is 2. The summed E-state index contributed by atoms with van der Waals surface area (Å²) >= 11 is 6.43. The zero-order chi connectivity index (χ0) is 20.2. The van der Waals surface area contributed by atoms with E-state index in [4.69, 9.17) is 21.1 Å². The Bertz CT molecular complexity index is 706. The smallest absolute Gasteiger partial charge is 0.163 e. The van der Waals surface area contributed by atoms with Crippen LogP contribution in [0.2, 0.25) is 5.02 Å². The molecule has 28 heavy (non-hydrogen) atoms. The third-order valence-corrected chi connectivity index (χ3v) is 5.01. The predicted octanol–water partition coefficient (Wildman–Crippen LogP) is 6.52. The van der Waals surface area contributed by atoms with Crippen LogP contribution in [0.25, 0.3) is 0 Å². The quantitative estimate of drug-likeness (QED) is 0.383. The van der Waals surface area contributed by atoms with Crippen LogP contribution in [0, 0.1) is 5.82 Å². The minimum atomic E-state index is -0.262. The van der Waals surface area contributed by atoms with Crippen LogP contribution >= 0.6 is 11.6 Å². The number of benzene rings is 2. The third kappa shape index (κ3) is 7.69. The highest BCUT2D eigenvalue weighted by Gasteiger charge is 2.11. The van der Waals surface area contributed by atoms with Crippen LogP contribution in [0.15, 0.2) is 36.4 Å². The van der Waals surface area contributed by atoms with E-state index in [-0.39, 0.29) is 5.82 Å². The van der Waals surface area contributed by atoms with Crippen molar-refractivity contribution in [3.05, 3.63) is 58.4 Å². The number of unbranched alkanes of at least 4 members (excludes halogenated alkanes) is 5. The van der Waals surface area contributed by atoms with Gasteiger partial charge in [-0.25, -0.2) is 4.39 Å². The predicted molar refractivity (Wildman–Crippen MR) is 114 cm³/mol. The summed E-state index contributed by atoms with van der Waals surface area (Å²) in [4.78, 5) is 0. The first kappa shape index (κ1) is 22.5. The fourth-order valence-corrected chi connectivity index (χ4v) is 3.20. The molecule has 0 amide bonds. The summed E-state index contributed by atoms with van der Waals surface area (Å²) in [6.07, 6.45) is 7.70. The summed E-state index contributed by atoms with van der Waals surface area (Å²) in [5.74, 6) is 0.960. The molecule has 2 aromatic rings. The zero-order valence-electron chi connectivity index (χ0n) is 16.9. The number of ether oxygens (including phenoxy) is 2. The molecule has 0 aromatic heterocycles. The van der Waals surface area contributed by atoms with Gasteiger partial charge in [0.05, 0.1) is 7.11 Å². The van der Waals surface area contributed by atoms with E-state index in [0.29, 0.717) is 29.7 Å². The van der Waals surface area contributed by atoms with Crippen molar-refractivity contribution in [3.8, 4) is 11.5 Å². The molecule has 2 aromatic carbocycles. The molecule has 0 saturated carbocycles. The average molecular weight is 408 g/mol. The summed E-state index contributed by atoms with van der Waals surface area (Å²) in [5.41, 5.74) is 1.86. The van der Waals surface area contributed by atoms with Crippen molar-refractivity contribution in [2.45, 2.75) is 58.6 Å². The molecule has 0 aliphatic heterocycles. The standard InChI is InChI=1S/C23H31ClFNO2/c1-3-4-5-6-7-8-13-26-16-19-14-22(27-2)23(15-21(19)24)28-17-18-9-11-20(25)12-10-18/h9-12,14-15,26H,3-8,13,16-17H2,1-2H3. The van der Waals surface area contributed by atoms with E-state index >= 15 is 0 Å². The van der Waals surface area contributed by atoms with E-state index in [9.17, 15) is 4.39 Å². The Kier molecular flexibility index (Phi) is 10.2. The zero-order valence-corrected chi connectivity index (χ0v) is 17.7.